The Bertz CT molecular complexity index is 1020. The number of nitrogens with zero attached hydrogens (tertiary/aromatic N) is 1. The van der Waals surface area contributed by atoms with Crippen molar-refractivity contribution in [3.05, 3.63) is 70.7 Å². The first-order chi connectivity index (χ1) is 13.9. The van der Waals surface area contributed by atoms with E-state index in [1.807, 2.05) is 32.9 Å². The van der Waals surface area contributed by atoms with E-state index in [4.69, 9.17) is 4.42 Å². The molecule has 1 N–H and O–H groups in total. The van der Waals surface area contributed by atoms with Crippen LogP contribution in [0.25, 0.3) is 11.0 Å². The highest BCUT2D eigenvalue weighted by Gasteiger charge is 2.19. The van der Waals surface area contributed by atoms with E-state index in [1.165, 1.54) is 17.0 Å². The molecule has 0 atom stereocenters. The molecule has 3 aromatic rings. The lowest BCUT2D eigenvalue weighted by atomic mass is 10.0. The zero-order chi connectivity index (χ0) is 21.0. The molecule has 1 aromatic heterocycles. The molecule has 5 nitrogen and oxygen atoms in total. The number of rotatable bonds is 7. The van der Waals surface area contributed by atoms with E-state index in [-0.39, 0.29) is 37.1 Å². The van der Waals surface area contributed by atoms with E-state index in [2.05, 4.69) is 5.32 Å². The van der Waals surface area contributed by atoms with Crippen LogP contribution in [-0.2, 0) is 22.6 Å². The summed E-state index contributed by atoms with van der Waals surface area (Å²) >= 11 is 0. The molecule has 0 fully saturated rings. The first kappa shape index (κ1) is 20.6. The van der Waals surface area contributed by atoms with E-state index in [0.717, 1.165) is 33.2 Å². The Morgan fingerprint density at radius 3 is 2.52 bits per heavy atom. The SMILES string of the molecule is CCN(CC(=O)NCc1ccc(F)cc1)C(=O)Cc1coc2c(C)c(C)ccc12. The van der Waals surface area contributed by atoms with E-state index in [9.17, 15) is 14.0 Å². The standard InChI is InChI=1S/C23H25FN2O3/c1-4-26(13-21(27)25-12-17-6-8-19(24)9-7-17)22(28)11-18-14-29-23-16(3)15(2)5-10-20(18)23/h5-10,14H,4,11-13H2,1-3H3,(H,25,27). The summed E-state index contributed by atoms with van der Waals surface area (Å²) in [6, 6.07) is 9.92. The number of aryl methyl sites for hydroxylation is 2. The van der Waals surface area contributed by atoms with Gasteiger partial charge in [0, 0.05) is 24.0 Å². The Kier molecular flexibility index (Phi) is 6.32. The second kappa shape index (κ2) is 8.90. The number of amides is 2. The van der Waals surface area contributed by atoms with Crippen molar-refractivity contribution in [3.8, 4) is 0 Å². The van der Waals surface area contributed by atoms with Crippen molar-refractivity contribution < 1.29 is 18.4 Å². The summed E-state index contributed by atoms with van der Waals surface area (Å²) < 4.78 is 18.6. The summed E-state index contributed by atoms with van der Waals surface area (Å²) in [4.78, 5) is 26.5. The molecule has 6 heteroatoms. The minimum absolute atomic E-state index is 0.0234. The Hall–Kier alpha value is -3.15. The van der Waals surface area contributed by atoms with Crippen molar-refractivity contribution in [1.82, 2.24) is 10.2 Å². The van der Waals surface area contributed by atoms with Gasteiger partial charge < -0.3 is 14.6 Å². The monoisotopic (exact) mass is 396 g/mol. The Morgan fingerprint density at radius 2 is 1.83 bits per heavy atom. The molecule has 0 saturated heterocycles. The topological polar surface area (TPSA) is 62.6 Å². The van der Waals surface area contributed by atoms with Gasteiger partial charge in [-0.05, 0) is 49.6 Å². The van der Waals surface area contributed by atoms with Gasteiger partial charge >= 0.3 is 0 Å². The third-order valence-corrected chi connectivity index (χ3v) is 5.16. The maximum atomic E-state index is 12.9. The molecule has 0 radical (unpaired) electrons. The van der Waals surface area contributed by atoms with Crippen LogP contribution in [0.1, 0.15) is 29.2 Å². The molecule has 0 aliphatic rings. The average Bonchev–Trinajstić information content (AvgIpc) is 3.11. The lowest BCUT2D eigenvalue weighted by molar-refractivity contribution is -0.135. The number of carbonyl (C=O) groups is 2. The van der Waals surface area contributed by atoms with Crippen molar-refractivity contribution in [2.75, 3.05) is 13.1 Å². The number of hydrogen-bond donors (Lipinski definition) is 1. The average molecular weight is 396 g/mol. The summed E-state index contributed by atoms with van der Waals surface area (Å²) in [7, 11) is 0. The van der Waals surface area contributed by atoms with Crippen LogP contribution in [0, 0.1) is 19.7 Å². The highest BCUT2D eigenvalue weighted by molar-refractivity contribution is 5.91. The van der Waals surface area contributed by atoms with Gasteiger partial charge in [0.05, 0.1) is 19.2 Å². The summed E-state index contributed by atoms with van der Waals surface area (Å²) in [5.41, 5.74) is 4.61. The van der Waals surface area contributed by atoms with Gasteiger partial charge in [0.1, 0.15) is 11.4 Å². The number of furan rings is 1. The van der Waals surface area contributed by atoms with Crippen LogP contribution in [0.5, 0.6) is 0 Å². The molecular formula is C23H25FN2O3. The number of halogens is 1. The molecule has 2 amide bonds. The quantitative estimate of drug-likeness (QED) is 0.659. The van der Waals surface area contributed by atoms with Crippen molar-refractivity contribution >= 4 is 22.8 Å². The van der Waals surface area contributed by atoms with Crippen LogP contribution >= 0.6 is 0 Å². The van der Waals surface area contributed by atoms with E-state index in [1.54, 1.807) is 18.4 Å². The Labute approximate surface area is 169 Å². The number of benzene rings is 2. The van der Waals surface area contributed by atoms with Crippen molar-refractivity contribution in [3.63, 3.8) is 0 Å². The second-order valence-corrected chi connectivity index (χ2v) is 7.13. The summed E-state index contributed by atoms with van der Waals surface area (Å²) in [6.45, 7) is 6.55. The number of likely N-dealkylation sites (N-methyl/N-ethyl adjacent to an activating group) is 1. The van der Waals surface area contributed by atoms with Gasteiger partial charge in [-0.1, -0.05) is 24.3 Å². The van der Waals surface area contributed by atoms with Gasteiger partial charge in [0.2, 0.25) is 11.8 Å². The molecule has 0 spiro atoms. The van der Waals surface area contributed by atoms with Crippen molar-refractivity contribution in [1.29, 1.82) is 0 Å². The predicted molar refractivity (Wildman–Crippen MR) is 110 cm³/mol. The lowest BCUT2D eigenvalue weighted by Crippen LogP contribution is -2.41. The largest absolute Gasteiger partial charge is 0.464 e. The van der Waals surface area contributed by atoms with Crippen molar-refractivity contribution in [2.24, 2.45) is 0 Å². The van der Waals surface area contributed by atoms with Crippen LogP contribution in [0.4, 0.5) is 4.39 Å². The number of fused-ring (bicyclic) bond motifs is 1. The van der Waals surface area contributed by atoms with E-state index in [0.29, 0.717) is 6.54 Å². The Morgan fingerprint density at radius 1 is 1.10 bits per heavy atom. The van der Waals surface area contributed by atoms with Gasteiger partial charge in [-0.15, -0.1) is 0 Å². The highest BCUT2D eigenvalue weighted by Crippen LogP contribution is 2.27. The molecule has 0 bridgehead atoms. The molecule has 0 aliphatic carbocycles. The normalized spacial score (nSPS) is 10.9. The smallest absolute Gasteiger partial charge is 0.239 e. The lowest BCUT2D eigenvalue weighted by Gasteiger charge is -2.20. The highest BCUT2D eigenvalue weighted by atomic mass is 19.1. The summed E-state index contributed by atoms with van der Waals surface area (Å²) in [6.07, 6.45) is 1.80. The Balaban J connectivity index is 1.61. The molecule has 2 aromatic carbocycles. The fraction of sp³-hybridized carbons (Fsp3) is 0.304. The van der Waals surface area contributed by atoms with E-state index < -0.39 is 0 Å². The van der Waals surface area contributed by atoms with Crippen molar-refractivity contribution in [2.45, 2.75) is 33.7 Å². The third-order valence-electron chi connectivity index (χ3n) is 5.16. The first-order valence-corrected chi connectivity index (χ1v) is 9.64. The molecular weight excluding hydrogens is 371 g/mol. The van der Waals surface area contributed by atoms with Crippen LogP contribution in [0.2, 0.25) is 0 Å². The number of hydrogen-bond acceptors (Lipinski definition) is 3. The predicted octanol–water partition coefficient (Wildman–Crippen LogP) is 3.90. The van der Waals surface area contributed by atoms with Crippen LogP contribution in [0.3, 0.4) is 0 Å². The molecule has 1 heterocycles. The first-order valence-electron chi connectivity index (χ1n) is 9.64. The van der Waals surface area contributed by atoms with Gasteiger partial charge in [-0.3, -0.25) is 9.59 Å². The van der Waals surface area contributed by atoms with Gasteiger partial charge in [0.25, 0.3) is 0 Å². The summed E-state index contributed by atoms with van der Waals surface area (Å²) in [5, 5.41) is 3.70. The maximum Gasteiger partial charge on any atom is 0.239 e. The minimum Gasteiger partial charge on any atom is -0.464 e. The molecule has 0 unspecified atom stereocenters. The maximum absolute atomic E-state index is 12.9. The van der Waals surface area contributed by atoms with Gasteiger partial charge in [0.15, 0.2) is 0 Å². The second-order valence-electron chi connectivity index (χ2n) is 7.13. The molecule has 0 aliphatic heterocycles. The van der Waals surface area contributed by atoms with Gasteiger partial charge in [-0.2, -0.15) is 0 Å². The zero-order valence-corrected chi connectivity index (χ0v) is 16.9. The van der Waals surface area contributed by atoms with Crippen LogP contribution in [-0.4, -0.2) is 29.8 Å². The fourth-order valence-corrected chi connectivity index (χ4v) is 3.21. The van der Waals surface area contributed by atoms with Gasteiger partial charge in [-0.25, -0.2) is 4.39 Å². The zero-order valence-electron chi connectivity index (χ0n) is 16.9. The third kappa shape index (κ3) is 4.83. The molecule has 0 saturated carbocycles. The number of nitrogens with one attached hydrogen (secondary N) is 1. The van der Waals surface area contributed by atoms with E-state index >= 15 is 0 Å². The minimum atomic E-state index is -0.319. The molecule has 29 heavy (non-hydrogen) atoms. The molecule has 3 rings (SSSR count). The van der Waals surface area contributed by atoms with Crippen LogP contribution < -0.4 is 5.32 Å². The molecule has 152 valence electrons. The summed E-state index contributed by atoms with van der Waals surface area (Å²) in [5.74, 6) is -0.710. The fourth-order valence-electron chi connectivity index (χ4n) is 3.21. The van der Waals surface area contributed by atoms with Crippen LogP contribution in [0.15, 0.2) is 47.1 Å². The number of carbonyl (C=O) groups excluding carboxylic acids is 2.